The number of hydrogen-bond acceptors (Lipinski definition) is 5. The molecule has 3 aromatic carbocycles. The van der Waals surface area contributed by atoms with Gasteiger partial charge in [-0.2, -0.15) is 0 Å². The molecule has 0 spiro atoms. The molecule has 0 radical (unpaired) electrons. The van der Waals surface area contributed by atoms with Gasteiger partial charge in [0.2, 0.25) is 5.90 Å². The molecule has 0 saturated carbocycles. The fraction of sp³-hybridized carbons (Fsp3) is 0. The first-order chi connectivity index (χ1) is 14.9. The van der Waals surface area contributed by atoms with Crippen molar-refractivity contribution in [3.05, 3.63) is 104 Å². The van der Waals surface area contributed by atoms with E-state index in [1.165, 1.54) is 18.2 Å². The summed E-state index contributed by atoms with van der Waals surface area (Å²) >= 11 is 15.4. The summed E-state index contributed by atoms with van der Waals surface area (Å²) in [7, 11) is 0. The number of aliphatic imine (C=N–C) groups is 1. The van der Waals surface area contributed by atoms with E-state index in [1.54, 1.807) is 36.4 Å². The average Bonchev–Trinajstić information content (AvgIpc) is 3.11. The largest absolute Gasteiger partial charge is 0.422 e. The molecular weight excluding hydrogens is 505 g/mol. The Morgan fingerprint density at radius 3 is 2.55 bits per heavy atom. The number of hydrogen-bond donors (Lipinski definition) is 0. The SMILES string of the molecule is O=C1OC(c2ccccc2)=N/C1=C/c1cc(Br)ccc1OC(=O)c1ccc(Cl)cc1Cl. The van der Waals surface area contributed by atoms with Gasteiger partial charge in [0, 0.05) is 20.6 Å². The van der Waals surface area contributed by atoms with Crippen LogP contribution in [0.15, 0.2) is 81.9 Å². The monoisotopic (exact) mass is 515 g/mol. The van der Waals surface area contributed by atoms with Crippen molar-refractivity contribution in [2.24, 2.45) is 4.99 Å². The number of esters is 2. The Balaban J connectivity index is 1.66. The number of nitrogens with zero attached hydrogens (tertiary/aromatic N) is 1. The molecule has 1 heterocycles. The van der Waals surface area contributed by atoms with Crippen molar-refractivity contribution >= 4 is 63.0 Å². The van der Waals surface area contributed by atoms with Crippen LogP contribution in [0.3, 0.4) is 0 Å². The predicted octanol–water partition coefficient (Wildman–Crippen LogP) is 6.32. The number of ether oxygens (including phenoxy) is 2. The first-order valence-corrected chi connectivity index (χ1v) is 10.5. The lowest BCUT2D eigenvalue weighted by Crippen LogP contribution is -2.10. The Morgan fingerprint density at radius 2 is 1.81 bits per heavy atom. The number of carbonyl (C=O) groups is 2. The molecule has 154 valence electrons. The minimum Gasteiger partial charge on any atom is -0.422 e. The van der Waals surface area contributed by atoms with Crippen LogP contribution >= 0.6 is 39.1 Å². The zero-order chi connectivity index (χ0) is 22.0. The number of benzene rings is 3. The maximum atomic E-state index is 12.6. The van der Waals surface area contributed by atoms with Crippen molar-refractivity contribution < 1.29 is 19.1 Å². The highest BCUT2D eigenvalue weighted by Crippen LogP contribution is 2.29. The van der Waals surface area contributed by atoms with Gasteiger partial charge in [-0.1, -0.05) is 57.3 Å². The second kappa shape index (κ2) is 9.06. The molecule has 0 aromatic heterocycles. The molecule has 0 saturated heterocycles. The van der Waals surface area contributed by atoms with E-state index < -0.39 is 11.9 Å². The van der Waals surface area contributed by atoms with Gasteiger partial charge < -0.3 is 9.47 Å². The fourth-order valence-electron chi connectivity index (χ4n) is 2.80. The quantitative estimate of drug-likeness (QED) is 0.231. The smallest absolute Gasteiger partial charge is 0.363 e. The second-order valence-corrected chi connectivity index (χ2v) is 8.16. The van der Waals surface area contributed by atoms with Gasteiger partial charge >= 0.3 is 11.9 Å². The van der Waals surface area contributed by atoms with Crippen LogP contribution in [0, 0.1) is 0 Å². The van der Waals surface area contributed by atoms with Gasteiger partial charge in [0.15, 0.2) is 5.70 Å². The van der Waals surface area contributed by atoms with Crippen molar-refractivity contribution in [1.29, 1.82) is 0 Å². The number of cyclic esters (lactones) is 1. The highest BCUT2D eigenvalue weighted by molar-refractivity contribution is 9.10. The highest BCUT2D eigenvalue weighted by atomic mass is 79.9. The van der Waals surface area contributed by atoms with E-state index in [0.717, 1.165) is 4.47 Å². The van der Waals surface area contributed by atoms with E-state index in [9.17, 15) is 9.59 Å². The van der Waals surface area contributed by atoms with E-state index in [4.69, 9.17) is 32.7 Å². The predicted molar refractivity (Wildman–Crippen MR) is 123 cm³/mol. The van der Waals surface area contributed by atoms with Crippen LogP contribution in [0.25, 0.3) is 6.08 Å². The third-order valence-corrected chi connectivity index (χ3v) is 5.30. The lowest BCUT2D eigenvalue weighted by molar-refractivity contribution is -0.129. The van der Waals surface area contributed by atoms with Crippen molar-refractivity contribution in [2.45, 2.75) is 0 Å². The fourth-order valence-corrected chi connectivity index (χ4v) is 3.66. The zero-order valence-electron chi connectivity index (χ0n) is 15.6. The molecule has 0 N–H and O–H groups in total. The zero-order valence-corrected chi connectivity index (χ0v) is 18.7. The summed E-state index contributed by atoms with van der Waals surface area (Å²) in [6, 6.07) is 18.6. The van der Waals surface area contributed by atoms with Gasteiger partial charge in [0.05, 0.1) is 10.6 Å². The normalized spacial score (nSPS) is 14.4. The van der Waals surface area contributed by atoms with E-state index in [-0.39, 0.29) is 27.9 Å². The molecule has 0 unspecified atom stereocenters. The first kappa shape index (κ1) is 21.3. The Kier molecular flexibility index (Phi) is 6.23. The van der Waals surface area contributed by atoms with Crippen molar-refractivity contribution in [1.82, 2.24) is 0 Å². The van der Waals surface area contributed by atoms with Crippen LogP contribution in [-0.4, -0.2) is 17.8 Å². The summed E-state index contributed by atoms with van der Waals surface area (Å²) in [4.78, 5) is 29.2. The molecule has 0 bridgehead atoms. The summed E-state index contributed by atoms with van der Waals surface area (Å²) < 4.78 is 11.5. The maximum Gasteiger partial charge on any atom is 0.363 e. The third kappa shape index (κ3) is 4.88. The summed E-state index contributed by atoms with van der Waals surface area (Å²) in [5.41, 5.74) is 1.38. The molecule has 0 fully saturated rings. The maximum absolute atomic E-state index is 12.6. The lowest BCUT2D eigenvalue weighted by Gasteiger charge is -2.09. The Labute approximate surface area is 196 Å². The first-order valence-electron chi connectivity index (χ1n) is 8.95. The third-order valence-electron chi connectivity index (χ3n) is 4.26. The molecular formula is C23H12BrCl2NO4. The van der Waals surface area contributed by atoms with Crippen LogP contribution in [0.2, 0.25) is 10.0 Å². The molecule has 0 amide bonds. The van der Waals surface area contributed by atoms with E-state index in [2.05, 4.69) is 20.9 Å². The molecule has 0 atom stereocenters. The summed E-state index contributed by atoms with van der Waals surface area (Å²) in [5, 5.41) is 0.577. The molecule has 31 heavy (non-hydrogen) atoms. The van der Waals surface area contributed by atoms with Crippen LogP contribution in [-0.2, 0) is 9.53 Å². The molecule has 4 rings (SSSR count). The summed E-state index contributed by atoms with van der Waals surface area (Å²) in [6.07, 6.45) is 1.50. The van der Waals surface area contributed by atoms with E-state index in [1.807, 2.05) is 18.2 Å². The van der Waals surface area contributed by atoms with Gasteiger partial charge in [-0.15, -0.1) is 0 Å². The molecule has 3 aromatic rings. The average molecular weight is 517 g/mol. The summed E-state index contributed by atoms with van der Waals surface area (Å²) in [5.74, 6) is -0.829. The molecule has 1 aliphatic heterocycles. The van der Waals surface area contributed by atoms with Crippen molar-refractivity contribution in [3.63, 3.8) is 0 Å². The molecule has 0 aliphatic carbocycles. The van der Waals surface area contributed by atoms with Crippen LogP contribution in [0.1, 0.15) is 21.5 Å². The number of carbonyl (C=O) groups excluding carboxylic acids is 2. The van der Waals surface area contributed by atoms with E-state index in [0.29, 0.717) is 16.1 Å². The second-order valence-electron chi connectivity index (χ2n) is 6.40. The minimum atomic E-state index is -0.661. The van der Waals surface area contributed by atoms with Gasteiger partial charge in [0.25, 0.3) is 0 Å². The van der Waals surface area contributed by atoms with Crippen LogP contribution < -0.4 is 4.74 Å². The topological polar surface area (TPSA) is 65.0 Å². The molecule has 5 nitrogen and oxygen atoms in total. The van der Waals surface area contributed by atoms with Crippen LogP contribution in [0.5, 0.6) is 5.75 Å². The highest BCUT2D eigenvalue weighted by Gasteiger charge is 2.25. The lowest BCUT2D eigenvalue weighted by atomic mass is 10.1. The number of rotatable bonds is 4. The van der Waals surface area contributed by atoms with E-state index >= 15 is 0 Å². The van der Waals surface area contributed by atoms with Gasteiger partial charge in [-0.3, -0.25) is 0 Å². The van der Waals surface area contributed by atoms with Gasteiger partial charge in [-0.25, -0.2) is 14.6 Å². The molecule has 8 heteroatoms. The summed E-state index contributed by atoms with van der Waals surface area (Å²) in [6.45, 7) is 0. The van der Waals surface area contributed by atoms with Crippen molar-refractivity contribution in [3.8, 4) is 5.75 Å². The standard InChI is InChI=1S/C23H12BrCl2NO4/c24-15-6-9-20(30-22(28)17-8-7-16(25)12-18(17)26)14(10-15)11-19-23(29)31-21(27-19)13-4-2-1-3-5-13/h1-12H/b19-11+. The van der Waals surface area contributed by atoms with Gasteiger partial charge in [0.1, 0.15) is 5.75 Å². The minimum absolute atomic E-state index is 0.0822. The Morgan fingerprint density at radius 1 is 1.03 bits per heavy atom. The Bertz CT molecular complexity index is 1260. The number of halogens is 3. The van der Waals surface area contributed by atoms with Crippen molar-refractivity contribution in [2.75, 3.05) is 0 Å². The van der Waals surface area contributed by atoms with Gasteiger partial charge in [-0.05, 0) is 54.6 Å². The molecule has 1 aliphatic rings. The Hall–Kier alpha value is -2.93. The van der Waals surface area contributed by atoms with Crippen LogP contribution in [0.4, 0.5) is 0 Å².